The third-order valence-corrected chi connectivity index (χ3v) is 4.54. The monoisotopic (exact) mass is 358 g/mol. The van der Waals surface area contributed by atoms with Gasteiger partial charge in [-0.2, -0.15) is 0 Å². The van der Waals surface area contributed by atoms with Gasteiger partial charge < -0.3 is 9.32 Å². The summed E-state index contributed by atoms with van der Waals surface area (Å²) in [5, 5.41) is -0.514. The molecule has 0 saturated carbocycles. The first-order valence-corrected chi connectivity index (χ1v) is 8.06. The second-order valence-corrected chi connectivity index (χ2v) is 6.23. The van der Waals surface area contributed by atoms with Crippen LogP contribution in [0.1, 0.15) is 6.42 Å². The van der Waals surface area contributed by atoms with Crippen LogP contribution in [0, 0.1) is 11.7 Å². The van der Waals surface area contributed by atoms with Crippen LogP contribution in [0.4, 0.5) is 10.1 Å². The maximum absolute atomic E-state index is 13.9. The van der Waals surface area contributed by atoms with E-state index in [1.165, 1.54) is 11.0 Å². The Kier molecular flexibility index (Phi) is 3.77. The molecule has 2 aromatic carbocycles. The van der Waals surface area contributed by atoms with E-state index in [-0.39, 0.29) is 30.3 Å². The van der Waals surface area contributed by atoms with Crippen LogP contribution in [-0.2, 0) is 9.59 Å². The van der Waals surface area contributed by atoms with Crippen molar-refractivity contribution in [3.63, 3.8) is 0 Å². The highest BCUT2D eigenvalue weighted by Crippen LogP contribution is 2.31. The Balaban J connectivity index is 1.71. The fourth-order valence-corrected chi connectivity index (χ4v) is 3.09. The second kappa shape index (κ2) is 5.97. The van der Waals surface area contributed by atoms with Crippen LogP contribution in [0.25, 0.3) is 22.6 Å². The zero-order chi connectivity index (χ0) is 17.6. The molecule has 1 amide bonds. The highest BCUT2D eigenvalue weighted by Gasteiger charge is 2.34. The molecule has 1 aromatic heterocycles. The van der Waals surface area contributed by atoms with Crippen molar-refractivity contribution in [1.29, 1.82) is 0 Å². The van der Waals surface area contributed by atoms with E-state index in [2.05, 4.69) is 4.98 Å². The van der Waals surface area contributed by atoms with Gasteiger partial charge in [0.15, 0.2) is 5.58 Å². The highest BCUT2D eigenvalue weighted by molar-refractivity contribution is 6.64. The number of anilines is 1. The van der Waals surface area contributed by atoms with Crippen LogP contribution < -0.4 is 4.90 Å². The van der Waals surface area contributed by atoms with Gasteiger partial charge in [0.25, 0.3) is 0 Å². The average Bonchev–Trinajstić information content (AvgIpc) is 3.18. The van der Waals surface area contributed by atoms with Gasteiger partial charge in [0, 0.05) is 18.7 Å². The van der Waals surface area contributed by atoms with Gasteiger partial charge in [0.2, 0.25) is 17.0 Å². The number of halogens is 2. The maximum atomic E-state index is 13.9. The Morgan fingerprint density at radius 3 is 2.80 bits per heavy atom. The summed E-state index contributed by atoms with van der Waals surface area (Å²) in [6, 6.07) is 11.3. The standard InChI is InChI=1S/C18H12ClFN2O3/c19-17(24)10-7-16(23)22(9-10)11-5-6-15-14(8-11)21-18(25-15)12-3-1-2-4-13(12)20/h1-6,8,10H,7,9H2. The summed E-state index contributed by atoms with van der Waals surface area (Å²) in [5.74, 6) is -0.924. The average molecular weight is 359 g/mol. The van der Waals surface area contributed by atoms with Gasteiger partial charge in [0.05, 0.1) is 11.5 Å². The van der Waals surface area contributed by atoms with Gasteiger partial charge in [-0.25, -0.2) is 9.37 Å². The molecular weight excluding hydrogens is 347 g/mol. The summed E-state index contributed by atoms with van der Waals surface area (Å²) in [4.78, 5) is 29.2. The van der Waals surface area contributed by atoms with E-state index in [0.717, 1.165) is 0 Å². The fraction of sp³-hybridized carbons (Fsp3) is 0.167. The third kappa shape index (κ3) is 2.78. The minimum absolute atomic E-state index is 0.0969. The van der Waals surface area contributed by atoms with E-state index in [4.69, 9.17) is 16.0 Å². The van der Waals surface area contributed by atoms with E-state index in [9.17, 15) is 14.0 Å². The van der Waals surface area contributed by atoms with Crippen LogP contribution in [0.15, 0.2) is 46.9 Å². The number of amides is 1. The van der Waals surface area contributed by atoms with Gasteiger partial charge in [0.1, 0.15) is 11.3 Å². The van der Waals surface area contributed by atoms with Crippen molar-refractivity contribution in [3.8, 4) is 11.5 Å². The predicted octanol–water partition coefficient (Wildman–Crippen LogP) is 3.75. The molecule has 1 fully saturated rings. The molecule has 1 saturated heterocycles. The molecule has 1 atom stereocenters. The minimum Gasteiger partial charge on any atom is -0.436 e. The largest absolute Gasteiger partial charge is 0.436 e. The SMILES string of the molecule is O=C(Cl)C1CC(=O)N(c2ccc3oc(-c4ccccc4F)nc3c2)C1. The number of carbonyl (C=O) groups is 2. The lowest BCUT2D eigenvalue weighted by Crippen LogP contribution is -2.25. The molecule has 0 bridgehead atoms. The summed E-state index contributed by atoms with van der Waals surface area (Å²) in [7, 11) is 0. The smallest absolute Gasteiger partial charge is 0.230 e. The highest BCUT2D eigenvalue weighted by atomic mass is 35.5. The number of hydrogen-bond donors (Lipinski definition) is 0. The van der Waals surface area contributed by atoms with Crippen molar-refractivity contribution in [3.05, 3.63) is 48.3 Å². The molecule has 7 heteroatoms. The van der Waals surface area contributed by atoms with E-state index in [1.54, 1.807) is 36.4 Å². The zero-order valence-corrected chi connectivity index (χ0v) is 13.7. The molecule has 3 aromatic rings. The van der Waals surface area contributed by atoms with Gasteiger partial charge in [-0.1, -0.05) is 12.1 Å². The predicted molar refractivity (Wildman–Crippen MR) is 90.7 cm³/mol. The lowest BCUT2D eigenvalue weighted by atomic mass is 10.1. The minimum atomic E-state index is -0.514. The summed E-state index contributed by atoms with van der Waals surface area (Å²) in [6.07, 6.45) is 0.0969. The second-order valence-electron chi connectivity index (χ2n) is 5.86. The van der Waals surface area contributed by atoms with Gasteiger partial charge in [-0.05, 0) is 41.9 Å². The number of carbonyl (C=O) groups excluding carboxylic acids is 2. The van der Waals surface area contributed by atoms with Crippen LogP contribution in [-0.4, -0.2) is 22.7 Å². The number of oxazole rings is 1. The Hall–Kier alpha value is -2.73. The molecule has 0 aliphatic carbocycles. The van der Waals surface area contributed by atoms with Crippen molar-refractivity contribution in [1.82, 2.24) is 4.98 Å². The zero-order valence-electron chi connectivity index (χ0n) is 12.9. The Morgan fingerprint density at radius 1 is 1.28 bits per heavy atom. The first-order chi connectivity index (χ1) is 12.0. The molecule has 2 heterocycles. The van der Waals surface area contributed by atoms with Gasteiger partial charge >= 0.3 is 0 Å². The van der Waals surface area contributed by atoms with Crippen molar-refractivity contribution in [2.24, 2.45) is 5.92 Å². The Morgan fingerprint density at radius 2 is 2.08 bits per heavy atom. The Bertz CT molecular complexity index is 1000. The number of benzene rings is 2. The number of rotatable bonds is 3. The fourth-order valence-electron chi connectivity index (χ4n) is 2.94. The molecule has 0 spiro atoms. The summed E-state index contributed by atoms with van der Waals surface area (Å²) in [5.41, 5.74) is 1.86. The number of nitrogens with zero attached hydrogens (tertiary/aromatic N) is 2. The third-order valence-electron chi connectivity index (χ3n) is 4.23. The summed E-state index contributed by atoms with van der Waals surface area (Å²) < 4.78 is 19.5. The van der Waals surface area contributed by atoms with Crippen LogP contribution in [0.3, 0.4) is 0 Å². The lowest BCUT2D eigenvalue weighted by Gasteiger charge is -2.15. The number of hydrogen-bond acceptors (Lipinski definition) is 4. The van der Waals surface area contributed by atoms with E-state index < -0.39 is 17.0 Å². The first-order valence-electron chi connectivity index (χ1n) is 7.68. The summed E-state index contributed by atoms with van der Waals surface area (Å²) in [6.45, 7) is 0.241. The maximum Gasteiger partial charge on any atom is 0.230 e. The van der Waals surface area contributed by atoms with Gasteiger partial charge in [-0.15, -0.1) is 0 Å². The van der Waals surface area contributed by atoms with Gasteiger partial charge in [-0.3, -0.25) is 9.59 Å². The number of aromatic nitrogens is 1. The van der Waals surface area contributed by atoms with E-state index in [0.29, 0.717) is 16.8 Å². The molecule has 0 radical (unpaired) electrons. The molecular formula is C18H12ClFN2O3. The van der Waals surface area contributed by atoms with Crippen LogP contribution in [0.5, 0.6) is 0 Å². The van der Waals surface area contributed by atoms with Crippen molar-refractivity contribution in [2.75, 3.05) is 11.4 Å². The van der Waals surface area contributed by atoms with Crippen molar-refractivity contribution >= 4 is 39.5 Å². The van der Waals surface area contributed by atoms with Crippen molar-refractivity contribution < 1.29 is 18.4 Å². The van der Waals surface area contributed by atoms with E-state index >= 15 is 0 Å². The normalized spacial score (nSPS) is 17.4. The molecule has 1 aliphatic heterocycles. The van der Waals surface area contributed by atoms with Crippen LogP contribution in [0.2, 0.25) is 0 Å². The van der Waals surface area contributed by atoms with Crippen molar-refractivity contribution in [2.45, 2.75) is 6.42 Å². The summed E-state index contributed by atoms with van der Waals surface area (Å²) >= 11 is 5.50. The molecule has 1 aliphatic rings. The Labute approximate surface area is 147 Å². The molecule has 5 nitrogen and oxygen atoms in total. The first kappa shape index (κ1) is 15.8. The molecule has 25 heavy (non-hydrogen) atoms. The molecule has 4 rings (SSSR count). The lowest BCUT2D eigenvalue weighted by molar-refractivity contribution is -0.120. The molecule has 0 N–H and O–H groups in total. The van der Waals surface area contributed by atoms with Crippen LogP contribution >= 0.6 is 11.6 Å². The quantitative estimate of drug-likeness (QED) is 0.669. The molecule has 126 valence electrons. The topological polar surface area (TPSA) is 63.4 Å². The number of fused-ring (bicyclic) bond motifs is 1. The van der Waals surface area contributed by atoms with E-state index in [1.807, 2.05) is 0 Å². The molecule has 1 unspecified atom stereocenters.